The van der Waals surface area contributed by atoms with Crippen molar-refractivity contribution in [2.45, 2.75) is 40.7 Å². The molecular weight excluding hydrogens is 408 g/mol. The third kappa shape index (κ3) is 6.10. The highest BCUT2D eigenvalue weighted by Crippen LogP contribution is 2.26. The first kappa shape index (κ1) is 21.0. The summed E-state index contributed by atoms with van der Waals surface area (Å²) in [5, 5.41) is 5.72. The Morgan fingerprint density at radius 1 is 1.00 bits per heavy atom. The first-order valence-corrected chi connectivity index (χ1v) is 9.54. The quantitative estimate of drug-likeness (QED) is 0.657. The second-order valence-corrected chi connectivity index (χ2v) is 8.46. The van der Waals surface area contributed by atoms with Crippen LogP contribution in [0.2, 0.25) is 0 Å². The fraction of sp³-hybridized carbons (Fsp3) is 0.333. The summed E-state index contributed by atoms with van der Waals surface area (Å²) in [6, 6.07) is 12.4. The number of carbonyl (C=O) groups is 2. The Morgan fingerprint density at radius 3 is 2.22 bits per heavy atom. The minimum absolute atomic E-state index is 0.0475. The normalized spacial score (nSPS) is 11.2. The summed E-state index contributed by atoms with van der Waals surface area (Å²) in [6.07, 6.45) is -0.0475. The molecule has 2 aromatic rings. The molecule has 0 aromatic heterocycles. The summed E-state index contributed by atoms with van der Waals surface area (Å²) in [6.45, 7) is 9.35. The minimum atomic E-state index is -0.501. The fourth-order valence-corrected chi connectivity index (χ4v) is 2.59. The molecule has 27 heavy (non-hydrogen) atoms. The summed E-state index contributed by atoms with van der Waals surface area (Å²) in [5.41, 5.74) is 1.14. The molecule has 2 rings (SSSR count). The zero-order valence-corrected chi connectivity index (χ0v) is 17.8. The van der Waals surface area contributed by atoms with E-state index in [1.54, 1.807) is 36.4 Å². The number of amides is 2. The summed E-state index contributed by atoms with van der Waals surface area (Å²) >= 11 is 3.39. The molecule has 0 fully saturated rings. The van der Waals surface area contributed by atoms with Crippen molar-refractivity contribution in [3.05, 3.63) is 52.5 Å². The minimum Gasteiger partial charge on any atom is -0.490 e. The van der Waals surface area contributed by atoms with Gasteiger partial charge in [0.25, 0.3) is 5.91 Å². The number of nitrogens with one attached hydrogen (secondary N) is 2. The number of hydrogen-bond acceptors (Lipinski definition) is 3. The van der Waals surface area contributed by atoms with Gasteiger partial charge in [-0.05, 0) is 50.2 Å². The summed E-state index contributed by atoms with van der Waals surface area (Å²) < 4.78 is 6.52. The van der Waals surface area contributed by atoms with Crippen LogP contribution in [-0.2, 0) is 4.79 Å². The molecule has 0 atom stereocenters. The van der Waals surface area contributed by atoms with Crippen LogP contribution in [0.1, 0.15) is 45.0 Å². The molecule has 2 N–H and O–H groups in total. The van der Waals surface area contributed by atoms with Crippen LogP contribution in [0, 0.1) is 5.41 Å². The molecule has 0 heterocycles. The third-order valence-corrected chi connectivity index (χ3v) is 4.10. The van der Waals surface area contributed by atoms with E-state index in [4.69, 9.17) is 4.74 Å². The lowest BCUT2D eigenvalue weighted by atomic mass is 9.95. The van der Waals surface area contributed by atoms with Gasteiger partial charge in [0.1, 0.15) is 5.75 Å². The molecule has 0 radical (unpaired) electrons. The van der Waals surface area contributed by atoms with Gasteiger partial charge in [-0.15, -0.1) is 0 Å². The average Bonchev–Trinajstić information content (AvgIpc) is 2.55. The van der Waals surface area contributed by atoms with Crippen molar-refractivity contribution in [1.29, 1.82) is 0 Å². The Morgan fingerprint density at radius 2 is 1.63 bits per heavy atom. The van der Waals surface area contributed by atoms with Crippen LogP contribution < -0.4 is 15.4 Å². The Kier molecular flexibility index (Phi) is 6.65. The van der Waals surface area contributed by atoms with Crippen LogP contribution >= 0.6 is 15.9 Å². The highest BCUT2D eigenvalue weighted by molar-refractivity contribution is 9.10. The molecular formula is C21H25BrN2O3. The number of anilines is 2. The van der Waals surface area contributed by atoms with E-state index in [1.165, 1.54) is 0 Å². The molecule has 0 aliphatic carbocycles. The molecule has 5 nitrogen and oxygen atoms in total. The highest BCUT2D eigenvalue weighted by Gasteiger charge is 2.21. The summed E-state index contributed by atoms with van der Waals surface area (Å²) in [5.74, 6) is 0.139. The first-order valence-electron chi connectivity index (χ1n) is 8.75. The molecule has 0 spiro atoms. The van der Waals surface area contributed by atoms with Crippen molar-refractivity contribution in [2.24, 2.45) is 5.41 Å². The van der Waals surface area contributed by atoms with Gasteiger partial charge >= 0.3 is 0 Å². The number of carbonyl (C=O) groups excluding carboxylic acids is 2. The molecule has 6 heteroatoms. The Hall–Kier alpha value is -2.34. The summed E-state index contributed by atoms with van der Waals surface area (Å²) in [7, 11) is 0. The van der Waals surface area contributed by atoms with Crippen LogP contribution in [0.5, 0.6) is 5.75 Å². The molecule has 144 valence electrons. The van der Waals surface area contributed by atoms with Gasteiger partial charge in [0.15, 0.2) is 0 Å². The van der Waals surface area contributed by atoms with Crippen LogP contribution in [0.3, 0.4) is 0 Å². The largest absolute Gasteiger partial charge is 0.490 e. The lowest BCUT2D eigenvalue weighted by molar-refractivity contribution is -0.123. The molecule has 0 aliphatic rings. The van der Waals surface area contributed by atoms with E-state index in [2.05, 4.69) is 26.6 Å². The van der Waals surface area contributed by atoms with Gasteiger partial charge in [0.2, 0.25) is 5.91 Å². The first-order chi connectivity index (χ1) is 12.6. The van der Waals surface area contributed by atoms with Crippen molar-refractivity contribution in [3.63, 3.8) is 0 Å². The SMILES string of the molecule is CC(C)Oc1ccc(Br)cc1C(=O)Nc1cccc(NC(=O)C(C)(C)C)c1. The van der Waals surface area contributed by atoms with Gasteiger partial charge < -0.3 is 15.4 Å². The van der Waals surface area contributed by atoms with Gasteiger partial charge in [-0.25, -0.2) is 0 Å². The number of rotatable bonds is 5. The van der Waals surface area contributed by atoms with Crippen molar-refractivity contribution in [3.8, 4) is 5.75 Å². The van der Waals surface area contributed by atoms with Crippen molar-refractivity contribution in [2.75, 3.05) is 10.6 Å². The zero-order chi connectivity index (χ0) is 20.2. The Labute approximate surface area is 168 Å². The van der Waals surface area contributed by atoms with Gasteiger partial charge in [-0.2, -0.15) is 0 Å². The van der Waals surface area contributed by atoms with Crippen molar-refractivity contribution in [1.82, 2.24) is 0 Å². The van der Waals surface area contributed by atoms with E-state index in [0.717, 1.165) is 4.47 Å². The van der Waals surface area contributed by atoms with Crippen molar-refractivity contribution >= 4 is 39.1 Å². The monoisotopic (exact) mass is 432 g/mol. The van der Waals surface area contributed by atoms with Gasteiger partial charge in [-0.1, -0.05) is 42.8 Å². The smallest absolute Gasteiger partial charge is 0.259 e. The lowest BCUT2D eigenvalue weighted by Gasteiger charge is -2.18. The average molecular weight is 433 g/mol. The summed E-state index contributed by atoms with van der Waals surface area (Å²) in [4.78, 5) is 24.9. The Bertz CT molecular complexity index is 842. The molecule has 0 unspecified atom stereocenters. The van der Waals surface area contributed by atoms with Crippen LogP contribution in [-0.4, -0.2) is 17.9 Å². The highest BCUT2D eigenvalue weighted by atomic mass is 79.9. The maximum Gasteiger partial charge on any atom is 0.259 e. The van der Waals surface area contributed by atoms with Crippen LogP contribution in [0.25, 0.3) is 0 Å². The van der Waals surface area contributed by atoms with E-state index in [0.29, 0.717) is 22.7 Å². The zero-order valence-electron chi connectivity index (χ0n) is 16.2. The molecule has 2 amide bonds. The molecule has 2 aromatic carbocycles. The molecule has 0 bridgehead atoms. The number of benzene rings is 2. The maximum absolute atomic E-state index is 12.8. The van der Waals surface area contributed by atoms with Gasteiger partial charge in [-0.3, -0.25) is 9.59 Å². The predicted molar refractivity (Wildman–Crippen MR) is 112 cm³/mol. The standard InChI is InChI=1S/C21H25BrN2O3/c1-13(2)27-18-10-9-14(22)11-17(18)19(25)23-15-7-6-8-16(12-15)24-20(26)21(3,4)5/h6-13H,1-5H3,(H,23,25)(H,24,26). The number of ether oxygens (including phenoxy) is 1. The van der Waals surface area contributed by atoms with Gasteiger partial charge in [0, 0.05) is 21.3 Å². The molecule has 0 aliphatic heterocycles. The van der Waals surface area contributed by atoms with Crippen LogP contribution in [0.15, 0.2) is 46.9 Å². The number of halogens is 1. The van der Waals surface area contributed by atoms with E-state index < -0.39 is 5.41 Å². The lowest BCUT2D eigenvalue weighted by Crippen LogP contribution is -2.27. The second-order valence-electron chi connectivity index (χ2n) is 7.55. The molecule has 0 saturated heterocycles. The third-order valence-electron chi connectivity index (χ3n) is 3.61. The van der Waals surface area contributed by atoms with E-state index in [9.17, 15) is 9.59 Å². The fourth-order valence-electron chi connectivity index (χ4n) is 2.23. The number of hydrogen-bond donors (Lipinski definition) is 2. The van der Waals surface area contributed by atoms with E-state index >= 15 is 0 Å². The maximum atomic E-state index is 12.8. The topological polar surface area (TPSA) is 67.4 Å². The van der Waals surface area contributed by atoms with E-state index in [1.807, 2.05) is 40.7 Å². The van der Waals surface area contributed by atoms with Gasteiger partial charge in [0.05, 0.1) is 11.7 Å². The predicted octanol–water partition coefficient (Wildman–Crippen LogP) is 5.47. The van der Waals surface area contributed by atoms with E-state index in [-0.39, 0.29) is 17.9 Å². The second kappa shape index (κ2) is 8.57. The van der Waals surface area contributed by atoms with Crippen LogP contribution in [0.4, 0.5) is 11.4 Å². The molecule has 0 saturated carbocycles. The van der Waals surface area contributed by atoms with Crippen molar-refractivity contribution < 1.29 is 14.3 Å². The Balaban J connectivity index is 2.20.